The number of nitrogens with zero attached hydrogens (tertiary/aromatic N) is 3. The van der Waals surface area contributed by atoms with Crippen LogP contribution >= 0.6 is 0 Å². The van der Waals surface area contributed by atoms with Crippen LogP contribution in [0.5, 0.6) is 5.75 Å². The predicted octanol–water partition coefficient (Wildman–Crippen LogP) is 2.64. The molecule has 0 atom stereocenters. The highest BCUT2D eigenvalue weighted by atomic mass is 16.5. The van der Waals surface area contributed by atoms with Crippen molar-refractivity contribution in [2.45, 2.75) is 6.92 Å². The van der Waals surface area contributed by atoms with Gasteiger partial charge in [0, 0.05) is 18.2 Å². The first-order chi connectivity index (χ1) is 11.7. The minimum Gasteiger partial charge on any atom is -0.496 e. The van der Waals surface area contributed by atoms with Crippen LogP contribution in [0.25, 0.3) is 22.4 Å². The third-order valence-corrected chi connectivity index (χ3v) is 3.28. The monoisotopic (exact) mass is 322 g/mol. The fourth-order valence-electron chi connectivity index (χ4n) is 2.15. The van der Waals surface area contributed by atoms with Gasteiger partial charge in [0.15, 0.2) is 5.65 Å². The van der Waals surface area contributed by atoms with E-state index in [4.69, 9.17) is 4.74 Å². The van der Waals surface area contributed by atoms with Crippen LogP contribution in [0.2, 0.25) is 0 Å². The molecule has 3 rings (SSSR count). The van der Waals surface area contributed by atoms with Crippen molar-refractivity contribution < 1.29 is 9.53 Å². The summed E-state index contributed by atoms with van der Waals surface area (Å²) in [5.74, 6) is 1.04. The zero-order valence-electron chi connectivity index (χ0n) is 13.3. The Morgan fingerprint density at radius 2 is 2.17 bits per heavy atom. The van der Waals surface area contributed by atoms with E-state index in [1.165, 1.54) is 0 Å². The number of nitrogens with one attached hydrogen (secondary N) is 2. The summed E-state index contributed by atoms with van der Waals surface area (Å²) in [5, 5.41) is 5.31. The van der Waals surface area contributed by atoms with E-state index in [2.05, 4.69) is 31.7 Å². The van der Waals surface area contributed by atoms with Crippen molar-refractivity contribution in [3.8, 4) is 17.0 Å². The van der Waals surface area contributed by atoms with Gasteiger partial charge < -0.3 is 10.1 Å². The Morgan fingerprint density at radius 3 is 2.96 bits per heavy atom. The number of pyridine rings is 1. The molecule has 7 heteroatoms. The van der Waals surface area contributed by atoms with E-state index in [1.807, 2.05) is 19.1 Å². The SMILES string of the molecule is CCNC(=O)Nc1ccc2ncc(-c3cc[c]c(OC)c3)nc2n1. The Labute approximate surface area is 139 Å². The standard InChI is InChI=1S/C17H16N5O2/c1-3-18-17(23)22-15-8-7-13-16(21-15)20-14(10-19-13)11-5-4-6-12(9-11)24-2/h4-5,7-10H,3H2,1-2H3,(H2,18,20,21,22,23). The Bertz CT molecular complexity index is 882. The third-order valence-electron chi connectivity index (χ3n) is 3.28. The first-order valence-electron chi connectivity index (χ1n) is 7.44. The number of anilines is 1. The van der Waals surface area contributed by atoms with E-state index in [9.17, 15) is 4.79 Å². The van der Waals surface area contributed by atoms with Gasteiger partial charge in [0.1, 0.15) is 17.1 Å². The number of hydrogen-bond donors (Lipinski definition) is 2. The molecule has 0 saturated heterocycles. The maximum absolute atomic E-state index is 11.6. The molecule has 0 saturated carbocycles. The molecule has 121 valence electrons. The van der Waals surface area contributed by atoms with Gasteiger partial charge in [-0.2, -0.15) is 0 Å². The molecule has 2 amide bonds. The van der Waals surface area contributed by atoms with Gasteiger partial charge in [0.25, 0.3) is 0 Å². The predicted molar refractivity (Wildman–Crippen MR) is 90.9 cm³/mol. The Morgan fingerprint density at radius 1 is 1.29 bits per heavy atom. The van der Waals surface area contributed by atoms with E-state index < -0.39 is 0 Å². The fraction of sp³-hybridized carbons (Fsp3) is 0.176. The lowest BCUT2D eigenvalue weighted by atomic mass is 10.1. The molecule has 2 aromatic heterocycles. The highest BCUT2D eigenvalue weighted by Crippen LogP contribution is 2.22. The van der Waals surface area contributed by atoms with Crippen molar-refractivity contribution in [2.75, 3.05) is 19.0 Å². The summed E-state index contributed by atoms with van der Waals surface area (Å²) in [6, 6.07) is 11.6. The first-order valence-corrected chi connectivity index (χ1v) is 7.44. The van der Waals surface area contributed by atoms with Crippen LogP contribution in [-0.2, 0) is 0 Å². The van der Waals surface area contributed by atoms with E-state index in [-0.39, 0.29) is 6.03 Å². The number of rotatable bonds is 4. The molecule has 0 aliphatic carbocycles. The van der Waals surface area contributed by atoms with Crippen molar-refractivity contribution in [2.24, 2.45) is 0 Å². The van der Waals surface area contributed by atoms with E-state index in [0.29, 0.717) is 35.0 Å². The highest BCUT2D eigenvalue weighted by Gasteiger charge is 2.07. The number of hydrogen-bond acceptors (Lipinski definition) is 5. The van der Waals surface area contributed by atoms with Gasteiger partial charge in [-0.1, -0.05) is 6.07 Å². The summed E-state index contributed by atoms with van der Waals surface area (Å²) in [4.78, 5) is 24.8. The average Bonchev–Trinajstić information content (AvgIpc) is 2.61. The van der Waals surface area contributed by atoms with Gasteiger partial charge in [-0.3, -0.25) is 10.3 Å². The Kier molecular flexibility index (Phi) is 4.51. The summed E-state index contributed by atoms with van der Waals surface area (Å²) in [7, 11) is 1.59. The number of carbonyl (C=O) groups excluding carboxylic acids is 1. The summed E-state index contributed by atoms with van der Waals surface area (Å²) in [5.41, 5.74) is 2.62. The summed E-state index contributed by atoms with van der Waals surface area (Å²) in [6.07, 6.45) is 1.68. The van der Waals surface area contributed by atoms with E-state index in [1.54, 1.807) is 31.5 Å². The van der Waals surface area contributed by atoms with Crippen molar-refractivity contribution in [3.63, 3.8) is 0 Å². The van der Waals surface area contributed by atoms with Crippen LogP contribution in [0.1, 0.15) is 6.92 Å². The van der Waals surface area contributed by atoms with Crippen molar-refractivity contribution in [3.05, 3.63) is 42.6 Å². The second-order valence-corrected chi connectivity index (χ2v) is 4.92. The largest absolute Gasteiger partial charge is 0.496 e. The smallest absolute Gasteiger partial charge is 0.320 e. The molecule has 24 heavy (non-hydrogen) atoms. The lowest BCUT2D eigenvalue weighted by molar-refractivity contribution is 0.252. The number of carbonyl (C=O) groups is 1. The van der Waals surface area contributed by atoms with Crippen LogP contribution < -0.4 is 15.4 Å². The molecule has 0 aliphatic heterocycles. The molecule has 0 aliphatic rings. The molecule has 0 spiro atoms. The molecule has 0 fully saturated rings. The fourth-order valence-corrected chi connectivity index (χ4v) is 2.15. The number of benzene rings is 1. The second-order valence-electron chi connectivity index (χ2n) is 4.92. The Hall–Kier alpha value is -3.22. The molecule has 7 nitrogen and oxygen atoms in total. The zero-order valence-corrected chi connectivity index (χ0v) is 13.3. The van der Waals surface area contributed by atoms with Crippen LogP contribution in [0.4, 0.5) is 10.6 Å². The molecule has 2 N–H and O–H groups in total. The molecule has 0 bridgehead atoms. The first kappa shape index (κ1) is 15.7. The maximum Gasteiger partial charge on any atom is 0.320 e. The van der Waals surface area contributed by atoms with Crippen molar-refractivity contribution in [1.29, 1.82) is 0 Å². The van der Waals surface area contributed by atoms with Gasteiger partial charge in [-0.05, 0) is 31.2 Å². The molecule has 1 radical (unpaired) electrons. The van der Waals surface area contributed by atoms with Gasteiger partial charge in [0.2, 0.25) is 0 Å². The number of ether oxygens (including phenoxy) is 1. The molecule has 0 unspecified atom stereocenters. The maximum atomic E-state index is 11.6. The number of fused-ring (bicyclic) bond motifs is 1. The molecule has 1 aromatic carbocycles. The quantitative estimate of drug-likeness (QED) is 0.771. The number of amides is 2. The van der Waals surface area contributed by atoms with E-state index in [0.717, 1.165) is 5.56 Å². The van der Waals surface area contributed by atoms with Gasteiger partial charge in [0.05, 0.1) is 19.0 Å². The summed E-state index contributed by atoms with van der Waals surface area (Å²) >= 11 is 0. The summed E-state index contributed by atoms with van der Waals surface area (Å²) in [6.45, 7) is 2.38. The molecular weight excluding hydrogens is 306 g/mol. The summed E-state index contributed by atoms with van der Waals surface area (Å²) < 4.78 is 5.18. The van der Waals surface area contributed by atoms with Gasteiger partial charge in [-0.15, -0.1) is 0 Å². The van der Waals surface area contributed by atoms with Crippen LogP contribution in [0, 0.1) is 6.07 Å². The van der Waals surface area contributed by atoms with E-state index >= 15 is 0 Å². The van der Waals surface area contributed by atoms with Crippen molar-refractivity contribution >= 4 is 23.0 Å². The molecule has 2 heterocycles. The highest BCUT2D eigenvalue weighted by molar-refractivity contribution is 5.89. The number of aromatic nitrogens is 3. The zero-order chi connectivity index (χ0) is 16.9. The Balaban J connectivity index is 1.95. The number of methoxy groups -OCH3 is 1. The van der Waals surface area contributed by atoms with Crippen LogP contribution in [0.3, 0.4) is 0 Å². The van der Waals surface area contributed by atoms with Crippen LogP contribution in [-0.4, -0.2) is 34.6 Å². The minimum absolute atomic E-state index is 0.309. The lowest BCUT2D eigenvalue weighted by Gasteiger charge is -2.07. The minimum atomic E-state index is -0.309. The average molecular weight is 322 g/mol. The topological polar surface area (TPSA) is 89.0 Å². The van der Waals surface area contributed by atoms with Crippen molar-refractivity contribution in [1.82, 2.24) is 20.3 Å². The third kappa shape index (κ3) is 3.40. The second kappa shape index (κ2) is 6.91. The number of urea groups is 1. The van der Waals surface area contributed by atoms with Gasteiger partial charge in [-0.25, -0.2) is 14.8 Å². The van der Waals surface area contributed by atoms with Gasteiger partial charge >= 0.3 is 6.03 Å². The lowest BCUT2D eigenvalue weighted by Crippen LogP contribution is -2.28. The van der Waals surface area contributed by atoms with Crippen LogP contribution in [0.15, 0.2) is 36.5 Å². The molecule has 3 aromatic rings. The molecular formula is C17H16N5O2. The normalized spacial score (nSPS) is 10.4.